The number of halogens is 2. The Morgan fingerprint density at radius 1 is 1.38 bits per heavy atom. The van der Waals surface area contributed by atoms with Crippen molar-refractivity contribution in [2.45, 2.75) is 12.8 Å². The summed E-state index contributed by atoms with van der Waals surface area (Å²) in [6.45, 7) is 2.18. The van der Waals surface area contributed by atoms with Crippen LogP contribution in [0.25, 0.3) is 0 Å². The van der Waals surface area contributed by atoms with Crippen molar-refractivity contribution in [3.05, 3.63) is 35.4 Å². The summed E-state index contributed by atoms with van der Waals surface area (Å²) in [6.07, 6.45) is 0. The Labute approximate surface area is 76.3 Å². The molecule has 0 aliphatic rings. The zero-order chi connectivity index (χ0) is 9.84. The molecule has 13 heavy (non-hydrogen) atoms. The van der Waals surface area contributed by atoms with Gasteiger partial charge in [-0.2, -0.15) is 0 Å². The molecule has 0 spiro atoms. The van der Waals surface area contributed by atoms with E-state index in [0.717, 1.165) is 12.1 Å². The lowest BCUT2D eigenvalue weighted by Crippen LogP contribution is -2.04. The van der Waals surface area contributed by atoms with Crippen LogP contribution < -0.4 is 0 Å². The van der Waals surface area contributed by atoms with Gasteiger partial charge in [0, 0.05) is 13.0 Å². The standard InChI is InChI=1S/C10H12F2O/c1-7(6-13-2)9-5-8(11)3-4-10(9)12/h3-5,7H,6H2,1-2H3. The summed E-state index contributed by atoms with van der Waals surface area (Å²) in [5, 5.41) is 0. The second-order valence-electron chi connectivity index (χ2n) is 3.02. The Morgan fingerprint density at radius 3 is 2.69 bits per heavy atom. The van der Waals surface area contributed by atoms with Crippen LogP contribution >= 0.6 is 0 Å². The van der Waals surface area contributed by atoms with Crippen LogP contribution in [0.15, 0.2) is 18.2 Å². The molecule has 0 aliphatic heterocycles. The average Bonchev–Trinajstić information content (AvgIpc) is 2.09. The highest BCUT2D eigenvalue weighted by atomic mass is 19.1. The molecule has 0 radical (unpaired) electrons. The SMILES string of the molecule is COCC(C)c1cc(F)ccc1F. The van der Waals surface area contributed by atoms with Gasteiger partial charge in [-0.25, -0.2) is 8.78 Å². The van der Waals surface area contributed by atoms with Gasteiger partial charge < -0.3 is 4.74 Å². The minimum atomic E-state index is -0.417. The molecule has 0 fully saturated rings. The fourth-order valence-electron chi connectivity index (χ4n) is 1.23. The summed E-state index contributed by atoms with van der Waals surface area (Å²) >= 11 is 0. The molecule has 0 amide bonds. The van der Waals surface area contributed by atoms with Crippen molar-refractivity contribution in [2.24, 2.45) is 0 Å². The van der Waals surface area contributed by atoms with E-state index in [2.05, 4.69) is 0 Å². The first-order valence-electron chi connectivity index (χ1n) is 4.09. The van der Waals surface area contributed by atoms with Gasteiger partial charge in [0.1, 0.15) is 11.6 Å². The van der Waals surface area contributed by atoms with Gasteiger partial charge in [0.05, 0.1) is 6.61 Å². The van der Waals surface area contributed by atoms with E-state index in [1.165, 1.54) is 13.2 Å². The van der Waals surface area contributed by atoms with Crippen LogP contribution in [0.4, 0.5) is 8.78 Å². The van der Waals surface area contributed by atoms with E-state index in [1.807, 2.05) is 0 Å². The van der Waals surface area contributed by atoms with Gasteiger partial charge in [0.2, 0.25) is 0 Å². The Balaban J connectivity index is 2.91. The molecule has 0 saturated carbocycles. The number of benzene rings is 1. The molecule has 0 bridgehead atoms. The van der Waals surface area contributed by atoms with Crippen molar-refractivity contribution in [3.8, 4) is 0 Å². The number of rotatable bonds is 3. The van der Waals surface area contributed by atoms with E-state index < -0.39 is 5.82 Å². The van der Waals surface area contributed by atoms with E-state index in [9.17, 15) is 8.78 Å². The van der Waals surface area contributed by atoms with Crippen molar-refractivity contribution in [1.29, 1.82) is 0 Å². The third-order valence-corrected chi connectivity index (χ3v) is 1.91. The maximum Gasteiger partial charge on any atom is 0.126 e. The molecule has 1 aromatic carbocycles. The van der Waals surface area contributed by atoms with Crippen LogP contribution in [0.2, 0.25) is 0 Å². The topological polar surface area (TPSA) is 9.23 Å². The van der Waals surface area contributed by atoms with Crippen molar-refractivity contribution in [2.75, 3.05) is 13.7 Å². The first-order chi connectivity index (χ1) is 6.15. The van der Waals surface area contributed by atoms with Crippen molar-refractivity contribution >= 4 is 0 Å². The molecule has 1 aromatic rings. The summed E-state index contributed by atoms with van der Waals surface area (Å²) in [7, 11) is 1.54. The minimum absolute atomic E-state index is 0.124. The molecule has 0 N–H and O–H groups in total. The van der Waals surface area contributed by atoms with Crippen LogP contribution in [-0.4, -0.2) is 13.7 Å². The highest BCUT2D eigenvalue weighted by Crippen LogP contribution is 2.19. The molecular formula is C10H12F2O. The summed E-state index contributed by atoms with van der Waals surface area (Å²) < 4.78 is 30.7. The van der Waals surface area contributed by atoms with E-state index >= 15 is 0 Å². The lowest BCUT2D eigenvalue weighted by atomic mass is 10.0. The molecule has 1 nitrogen and oxygen atoms in total. The first-order valence-corrected chi connectivity index (χ1v) is 4.09. The second kappa shape index (κ2) is 4.33. The van der Waals surface area contributed by atoms with Crippen LogP contribution in [0.3, 0.4) is 0 Å². The predicted octanol–water partition coefficient (Wildman–Crippen LogP) is 2.71. The predicted molar refractivity (Wildman–Crippen MR) is 46.6 cm³/mol. The molecular weight excluding hydrogens is 174 g/mol. The van der Waals surface area contributed by atoms with Crippen molar-refractivity contribution < 1.29 is 13.5 Å². The second-order valence-corrected chi connectivity index (χ2v) is 3.02. The van der Waals surface area contributed by atoms with Crippen molar-refractivity contribution in [1.82, 2.24) is 0 Å². The minimum Gasteiger partial charge on any atom is -0.384 e. The fraction of sp³-hybridized carbons (Fsp3) is 0.400. The Morgan fingerprint density at radius 2 is 2.08 bits per heavy atom. The van der Waals surface area contributed by atoms with Gasteiger partial charge >= 0.3 is 0 Å². The van der Waals surface area contributed by atoms with Crippen LogP contribution in [0.5, 0.6) is 0 Å². The van der Waals surface area contributed by atoms with E-state index in [0.29, 0.717) is 12.2 Å². The monoisotopic (exact) mass is 186 g/mol. The third-order valence-electron chi connectivity index (χ3n) is 1.91. The molecule has 1 rings (SSSR count). The maximum absolute atomic E-state index is 13.1. The Kier molecular flexibility index (Phi) is 3.37. The third kappa shape index (κ3) is 2.49. The van der Waals surface area contributed by atoms with E-state index in [1.54, 1.807) is 6.92 Å². The van der Waals surface area contributed by atoms with Crippen LogP contribution in [0, 0.1) is 11.6 Å². The smallest absolute Gasteiger partial charge is 0.126 e. The highest BCUT2D eigenvalue weighted by molar-refractivity contribution is 5.22. The number of hydrogen-bond acceptors (Lipinski definition) is 1. The largest absolute Gasteiger partial charge is 0.384 e. The molecule has 0 aliphatic carbocycles. The summed E-state index contributed by atoms with van der Waals surface area (Å²) in [6, 6.07) is 3.45. The number of hydrogen-bond donors (Lipinski definition) is 0. The van der Waals surface area contributed by atoms with E-state index in [-0.39, 0.29) is 11.7 Å². The van der Waals surface area contributed by atoms with E-state index in [4.69, 9.17) is 4.74 Å². The normalized spacial score (nSPS) is 12.9. The number of methoxy groups -OCH3 is 1. The summed E-state index contributed by atoms with van der Waals surface area (Å²) in [5.41, 5.74) is 0.363. The Hall–Kier alpha value is -0.960. The first kappa shape index (κ1) is 10.1. The summed E-state index contributed by atoms with van der Waals surface area (Å²) in [4.78, 5) is 0. The Bertz CT molecular complexity index is 286. The molecule has 0 heterocycles. The maximum atomic E-state index is 13.1. The highest BCUT2D eigenvalue weighted by Gasteiger charge is 2.11. The van der Waals surface area contributed by atoms with Crippen molar-refractivity contribution in [3.63, 3.8) is 0 Å². The zero-order valence-corrected chi connectivity index (χ0v) is 7.68. The lowest BCUT2D eigenvalue weighted by molar-refractivity contribution is 0.183. The molecule has 0 aromatic heterocycles. The van der Waals surface area contributed by atoms with Gasteiger partial charge in [-0.1, -0.05) is 6.92 Å². The molecule has 1 unspecified atom stereocenters. The summed E-state index contributed by atoms with van der Waals surface area (Å²) in [5.74, 6) is -0.925. The average molecular weight is 186 g/mol. The fourth-order valence-corrected chi connectivity index (χ4v) is 1.23. The van der Waals surface area contributed by atoms with Gasteiger partial charge in [-0.15, -0.1) is 0 Å². The molecule has 3 heteroatoms. The molecule has 72 valence electrons. The van der Waals surface area contributed by atoms with Gasteiger partial charge in [0.15, 0.2) is 0 Å². The van der Waals surface area contributed by atoms with Gasteiger partial charge in [-0.05, 0) is 23.8 Å². The lowest BCUT2D eigenvalue weighted by Gasteiger charge is -2.11. The molecule has 0 saturated heterocycles. The van der Waals surface area contributed by atoms with Crippen LogP contribution in [-0.2, 0) is 4.74 Å². The zero-order valence-electron chi connectivity index (χ0n) is 7.68. The quantitative estimate of drug-likeness (QED) is 0.705. The van der Waals surface area contributed by atoms with Gasteiger partial charge in [-0.3, -0.25) is 0 Å². The van der Waals surface area contributed by atoms with Crippen LogP contribution in [0.1, 0.15) is 18.4 Å². The molecule has 1 atom stereocenters. The van der Waals surface area contributed by atoms with Gasteiger partial charge in [0.25, 0.3) is 0 Å². The number of ether oxygens (including phenoxy) is 1.